The summed E-state index contributed by atoms with van der Waals surface area (Å²) in [6.45, 7) is 0.166. The molecule has 0 saturated carbocycles. The minimum absolute atomic E-state index is 0.166. The maximum absolute atomic E-state index is 12.9. The zero-order valence-electron chi connectivity index (χ0n) is 19.3. The summed E-state index contributed by atoms with van der Waals surface area (Å²) in [5.41, 5.74) is 3.12. The molecule has 0 spiro atoms. The van der Waals surface area contributed by atoms with Gasteiger partial charge in [0.1, 0.15) is 12.4 Å². The van der Waals surface area contributed by atoms with Crippen LogP contribution in [0.1, 0.15) is 21.5 Å². The van der Waals surface area contributed by atoms with Crippen molar-refractivity contribution in [1.82, 2.24) is 0 Å². The van der Waals surface area contributed by atoms with Crippen molar-refractivity contribution in [1.29, 1.82) is 0 Å². The van der Waals surface area contributed by atoms with Crippen LogP contribution in [0.2, 0.25) is 0 Å². The molecule has 0 atom stereocenters. The Morgan fingerprint density at radius 3 is 2.03 bits per heavy atom. The molecule has 0 radical (unpaired) electrons. The first-order valence-electron chi connectivity index (χ1n) is 11.1. The number of thioether (sulfide) groups is 1. The van der Waals surface area contributed by atoms with Gasteiger partial charge < -0.3 is 9.47 Å². The first-order chi connectivity index (χ1) is 17.1. The Morgan fingerprint density at radius 1 is 0.771 bits per heavy atom. The highest BCUT2D eigenvalue weighted by molar-refractivity contribution is 7.98. The maximum Gasteiger partial charge on any atom is 0.414 e. The Balaban J connectivity index is 1.54. The van der Waals surface area contributed by atoms with E-state index in [0.29, 0.717) is 17.0 Å². The summed E-state index contributed by atoms with van der Waals surface area (Å²) in [6, 6.07) is 33.7. The van der Waals surface area contributed by atoms with Crippen LogP contribution in [-0.4, -0.2) is 19.1 Å². The average molecular weight is 484 g/mol. The predicted octanol–water partition coefficient (Wildman–Crippen LogP) is 6.97. The molecule has 0 aliphatic carbocycles. The first kappa shape index (κ1) is 24.1. The fourth-order valence-corrected chi connectivity index (χ4v) is 4.36. The average Bonchev–Trinajstić information content (AvgIpc) is 2.92. The summed E-state index contributed by atoms with van der Waals surface area (Å²) in [5.74, 6) is 0.611. The molecule has 4 rings (SSSR count). The van der Waals surface area contributed by atoms with Gasteiger partial charge in [-0.05, 0) is 35.4 Å². The number of benzene rings is 4. The van der Waals surface area contributed by atoms with Crippen LogP contribution in [0.15, 0.2) is 114 Å². The molecule has 0 bridgehead atoms. The van der Waals surface area contributed by atoms with Crippen LogP contribution in [0.25, 0.3) is 0 Å². The molecular weight excluding hydrogens is 458 g/mol. The number of amides is 1. The Kier molecular flexibility index (Phi) is 8.20. The van der Waals surface area contributed by atoms with Crippen molar-refractivity contribution in [2.24, 2.45) is 0 Å². The Hall–Kier alpha value is -4.03. The molecule has 0 N–H and O–H groups in total. The Bertz CT molecular complexity index is 1260. The van der Waals surface area contributed by atoms with Gasteiger partial charge in [-0.3, -0.25) is 4.90 Å². The molecule has 0 aliphatic rings. The lowest BCUT2D eigenvalue weighted by Gasteiger charge is -2.21. The van der Waals surface area contributed by atoms with Crippen molar-refractivity contribution >= 4 is 29.5 Å². The number of hydrogen-bond acceptors (Lipinski definition) is 5. The molecule has 0 heterocycles. The number of anilines is 1. The molecule has 5 nitrogen and oxygen atoms in total. The SMILES string of the molecule is CN(C(=O)OCc1ccccc1)c1cc(OC(=O)c2ccccc2)ccc1SCc1ccccc1. The molecule has 6 heteroatoms. The van der Waals surface area contributed by atoms with Gasteiger partial charge in [-0.2, -0.15) is 0 Å². The zero-order valence-corrected chi connectivity index (χ0v) is 20.1. The number of nitrogens with zero attached hydrogens (tertiary/aromatic N) is 1. The van der Waals surface area contributed by atoms with E-state index in [9.17, 15) is 9.59 Å². The van der Waals surface area contributed by atoms with E-state index in [1.807, 2.05) is 60.7 Å². The molecule has 4 aromatic carbocycles. The fourth-order valence-electron chi connectivity index (χ4n) is 3.33. The number of carbonyl (C=O) groups is 2. The minimum Gasteiger partial charge on any atom is -0.444 e. The third kappa shape index (κ3) is 6.74. The summed E-state index contributed by atoms with van der Waals surface area (Å²) in [6.07, 6.45) is -0.498. The second kappa shape index (κ2) is 11.9. The van der Waals surface area contributed by atoms with Crippen molar-refractivity contribution < 1.29 is 19.1 Å². The van der Waals surface area contributed by atoms with E-state index in [1.165, 1.54) is 4.90 Å². The van der Waals surface area contributed by atoms with Gasteiger partial charge in [-0.15, -0.1) is 11.8 Å². The van der Waals surface area contributed by atoms with Crippen molar-refractivity contribution in [3.63, 3.8) is 0 Å². The van der Waals surface area contributed by atoms with Crippen molar-refractivity contribution in [2.45, 2.75) is 17.3 Å². The largest absolute Gasteiger partial charge is 0.444 e. The quantitative estimate of drug-likeness (QED) is 0.154. The van der Waals surface area contributed by atoms with Gasteiger partial charge in [0.25, 0.3) is 0 Å². The molecule has 0 aliphatic heterocycles. The normalized spacial score (nSPS) is 10.4. The van der Waals surface area contributed by atoms with Crippen LogP contribution in [0.4, 0.5) is 10.5 Å². The fraction of sp³-hybridized carbons (Fsp3) is 0.103. The van der Waals surface area contributed by atoms with E-state index in [2.05, 4.69) is 12.1 Å². The van der Waals surface area contributed by atoms with Gasteiger partial charge in [-0.25, -0.2) is 9.59 Å². The molecule has 0 fully saturated rings. The molecule has 0 unspecified atom stereocenters. The van der Waals surface area contributed by atoms with E-state index in [0.717, 1.165) is 21.8 Å². The number of rotatable bonds is 8. The molecule has 35 heavy (non-hydrogen) atoms. The molecule has 176 valence electrons. The van der Waals surface area contributed by atoms with Crippen LogP contribution >= 0.6 is 11.8 Å². The highest BCUT2D eigenvalue weighted by Gasteiger charge is 2.19. The maximum atomic E-state index is 12.9. The monoisotopic (exact) mass is 483 g/mol. The van der Waals surface area contributed by atoms with Crippen LogP contribution in [0, 0.1) is 0 Å². The topological polar surface area (TPSA) is 55.8 Å². The van der Waals surface area contributed by atoms with E-state index < -0.39 is 12.1 Å². The van der Waals surface area contributed by atoms with Crippen molar-refractivity contribution in [3.05, 3.63) is 126 Å². The number of carbonyl (C=O) groups excluding carboxylic acids is 2. The first-order valence-corrected chi connectivity index (χ1v) is 12.1. The van der Waals surface area contributed by atoms with Crippen LogP contribution in [0.5, 0.6) is 5.75 Å². The van der Waals surface area contributed by atoms with E-state index >= 15 is 0 Å². The Labute approximate surface area is 209 Å². The van der Waals surface area contributed by atoms with Gasteiger partial charge in [0.05, 0.1) is 11.3 Å². The third-order valence-corrected chi connectivity index (χ3v) is 6.36. The molecular formula is C29H25NO4S. The number of hydrogen-bond donors (Lipinski definition) is 0. The second-order valence-corrected chi connectivity index (χ2v) is 8.78. The second-order valence-electron chi connectivity index (χ2n) is 7.76. The summed E-state index contributed by atoms with van der Waals surface area (Å²) >= 11 is 1.59. The molecule has 4 aromatic rings. The van der Waals surface area contributed by atoms with Gasteiger partial charge in [-0.1, -0.05) is 78.9 Å². The summed E-state index contributed by atoms with van der Waals surface area (Å²) in [4.78, 5) is 27.7. The summed E-state index contributed by atoms with van der Waals surface area (Å²) < 4.78 is 11.1. The van der Waals surface area contributed by atoms with Crippen molar-refractivity contribution in [2.75, 3.05) is 11.9 Å². The lowest BCUT2D eigenvalue weighted by Crippen LogP contribution is -2.27. The highest BCUT2D eigenvalue weighted by Crippen LogP contribution is 2.35. The van der Waals surface area contributed by atoms with Gasteiger partial charge in [0.15, 0.2) is 0 Å². The van der Waals surface area contributed by atoms with Gasteiger partial charge in [0.2, 0.25) is 0 Å². The standard InChI is InChI=1S/C29H25NO4S/c1-30(29(32)33-20-22-11-5-2-6-12-22)26-19-25(34-28(31)24-15-9-4-10-16-24)17-18-27(26)35-21-23-13-7-3-8-14-23/h2-19H,20-21H2,1H3. The molecule has 1 amide bonds. The minimum atomic E-state index is -0.498. The van der Waals surface area contributed by atoms with E-state index in [-0.39, 0.29) is 6.61 Å². The van der Waals surface area contributed by atoms with Gasteiger partial charge >= 0.3 is 12.1 Å². The third-order valence-electron chi connectivity index (χ3n) is 5.23. The van der Waals surface area contributed by atoms with Crippen molar-refractivity contribution in [3.8, 4) is 5.75 Å². The number of esters is 1. The highest BCUT2D eigenvalue weighted by atomic mass is 32.2. The lowest BCUT2D eigenvalue weighted by atomic mass is 10.2. The van der Waals surface area contributed by atoms with E-state index in [1.54, 1.807) is 55.2 Å². The molecule has 0 saturated heterocycles. The smallest absolute Gasteiger partial charge is 0.414 e. The number of ether oxygens (including phenoxy) is 2. The van der Waals surface area contributed by atoms with Crippen LogP contribution in [-0.2, 0) is 17.1 Å². The molecule has 0 aromatic heterocycles. The van der Waals surface area contributed by atoms with Crippen LogP contribution < -0.4 is 9.64 Å². The van der Waals surface area contributed by atoms with E-state index in [4.69, 9.17) is 9.47 Å². The summed E-state index contributed by atoms with van der Waals surface area (Å²) in [5, 5.41) is 0. The van der Waals surface area contributed by atoms with Gasteiger partial charge in [0, 0.05) is 23.8 Å². The Morgan fingerprint density at radius 2 is 1.37 bits per heavy atom. The van der Waals surface area contributed by atoms with Crippen LogP contribution in [0.3, 0.4) is 0 Å². The predicted molar refractivity (Wildman–Crippen MR) is 139 cm³/mol. The lowest BCUT2D eigenvalue weighted by molar-refractivity contribution is 0.0735. The summed E-state index contributed by atoms with van der Waals surface area (Å²) in [7, 11) is 1.65. The zero-order chi connectivity index (χ0) is 24.5.